The van der Waals surface area contributed by atoms with Crippen molar-refractivity contribution in [2.24, 2.45) is 23.7 Å². The van der Waals surface area contributed by atoms with Crippen molar-refractivity contribution in [1.29, 1.82) is 0 Å². The van der Waals surface area contributed by atoms with E-state index in [1.807, 2.05) is 18.2 Å². The molecule has 4 heteroatoms. The lowest BCUT2D eigenvalue weighted by atomic mass is 9.54. The van der Waals surface area contributed by atoms with Crippen LogP contribution in [0.2, 0.25) is 5.02 Å². The van der Waals surface area contributed by atoms with Gasteiger partial charge in [-0.25, -0.2) is 0 Å². The van der Waals surface area contributed by atoms with Crippen LogP contribution >= 0.6 is 11.6 Å². The molecular weight excluding hydrogens is 346 g/mol. The number of furan rings is 1. The highest BCUT2D eigenvalue weighted by Gasteiger charge is 2.50. The molecule has 1 aromatic carbocycles. The van der Waals surface area contributed by atoms with Crippen molar-refractivity contribution in [1.82, 2.24) is 0 Å². The van der Waals surface area contributed by atoms with Gasteiger partial charge >= 0.3 is 0 Å². The average molecular weight is 373 g/mol. The van der Waals surface area contributed by atoms with Crippen LogP contribution in [0.5, 0.6) is 5.75 Å². The van der Waals surface area contributed by atoms with E-state index in [9.17, 15) is 0 Å². The highest BCUT2D eigenvalue weighted by Crippen LogP contribution is 2.52. The molecule has 0 atom stereocenters. The number of nitrogens with two attached hydrogens (primary N) is 1. The summed E-state index contributed by atoms with van der Waals surface area (Å²) in [4.78, 5) is 0. The molecule has 0 aliphatic heterocycles. The van der Waals surface area contributed by atoms with Crippen molar-refractivity contribution in [3.63, 3.8) is 0 Å². The van der Waals surface area contributed by atoms with Crippen molar-refractivity contribution in [2.45, 2.75) is 44.7 Å². The van der Waals surface area contributed by atoms with Crippen LogP contribution in [0.15, 0.2) is 34.7 Å². The minimum absolute atomic E-state index is 0.614. The monoisotopic (exact) mass is 372 g/mol. The second-order valence-corrected chi connectivity index (χ2v) is 8.97. The third kappa shape index (κ3) is 2.95. The molecule has 26 heavy (non-hydrogen) atoms. The van der Waals surface area contributed by atoms with E-state index in [2.05, 4.69) is 17.4 Å². The number of quaternary nitrogens is 1. The predicted molar refractivity (Wildman–Crippen MR) is 102 cm³/mol. The first kappa shape index (κ1) is 16.7. The zero-order chi connectivity index (χ0) is 17.7. The van der Waals surface area contributed by atoms with Crippen molar-refractivity contribution in [3.8, 4) is 17.1 Å². The maximum atomic E-state index is 6.25. The van der Waals surface area contributed by atoms with Crippen LogP contribution in [-0.2, 0) is 6.54 Å². The zero-order valence-corrected chi connectivity index (χ0v) is 16.0. The van der Waals surface area contributed by atoms with Crippen LogP contribution in [0.1, 0.15) is 37.9 Å². The van der Waals surface area contributed by atoms with E-state index in [4.69, 9.17) is 20.8 Å². The van der Waals surface area contributed by atoms with Crippen LogP contribution < -0.4 is 10.1 Å². The van der Waals surface area contributed by atoms with E-state index in [0.29, 0.717) is 10.8 Å². The Kier molecular flexibility index (Phi) is 4.25. The van der Waals surface area contributed by atoms with Crippen LogP contribution in [0, 0.1) is 23.7 Å². The summed E-state index contributed by atoms with van der Waals surface area (Å²) in [7, 11) is 1.63. The van der Waals surface area contributed by atoms with Crippen LogP contribution in [0.3, 0.4) is 0 Å². The molecule has 4 fully saturated rings. The highest BCUT2D eigenvalue weighted by molar-refractivity contribution is 6.32. The molecule has 4 bridgehead atoms. The van der Waals surface area contributed by atoms with E-state index in [1.54, 1.807) is 7.11 Å². The normalized spacial score (nSPS) is 32.2. The van der Waals surface area contributed by atoms with Crippen LogP contribution in [-0.4, -0.2) is 13.2 Å². The summed E-state index contributed by atoms with van der Waals surface area (Å²) in [5, 5.41) is 3.18. The second-order valence-electron chi connectivity index (χ2n) is 8.56. The molecule has 1 heterocycles. The molecule has 4 saturated carbocycles. The number of methoxy groups -OCH3 is 1. The van der Waals surface area contributed by atoms with Crippen LogP contribution in [0.4, 0.5) is 0 Å². The Morgan fingerprint density at radius 1 is 1.04 bits per heavy atom. The van der Waals surface area contributed by atoms with Gasteiger partial charge in [0.1, 0.15) is 18.1 Å². The first-order valence-corrected chi connectivity index (χ1v) is 10.3. The average Bonchev–Trinajstić information content (AvgIpc) is 3.09. The number of hydrogen-bond donors (Lipinski definition) is 1. The van der Waals surface area contributed by atoms with E-state index in [1.165, 1.54) is 32.1 Å². The molecule has 2 N–H and O–H groups in total. The van der Waals surface area contributed by atoms with Gasteiger partial charge in [0.2, 0.25) is 0 Å². The van der Waals surface area contributed by atoms with Gasteiger partial charge < -0.3 is 14.5 Å². The fraction of sp³-hybridized carbons (Fsp3) is 0.545. The van der Waals surface area contributed by atoms with E-state index >= 15 is 0 Å². The van der Waals surface area contributed by atoms with Crippen molar-refractivity contribution in [2.75, 3.05) is 7.11 Å². The van der Waals surface area contributed by atoms with Crippen molar-refractivity contribution in [3.05, 3.63) is 41.1 Å². The van der Waals surface area contributed by atoms with Gasteiger partial charge in [0.05, 0.1) is 18.2 Å². The van der Waals surface area contributed by atoms with E-state index in [-0.39, 0.29) is 0 Å². The molecule has 4 aliphatic carbocycles. The van der Waals surface area contributed by atoms with Crippen molar-refractivity contribution >= 4 is 11.6 Å². The molecule has 0 amide bonds. The molecular formula is C22H27ClNO2+. The van der Waals surface area contributed by atoms with Gasteiger partial charge in [-0.2, -0.15) is 0 Å². The van der Waals surface area contributed by atoms with Gasteiger partial charge in [-0.15, -0.1) is 0 Å². The lowest BCUT2D eigenvalue weighted by molar-refractivity contribution is -0.724. The summed E-state index contributed by atoms with van der Waals surface area (Å²) in [6.45, 7) is 0.941. The Morgan fingerprint density at radius 3 is 2.42 bits per heavy atom. The fourth-order valence-corrected chi connectivity index (χ4v) is 6.32. The van der Waals surface area contributed by atoms with Gasteiger partial charge in [-0.3, -0.25) is 0 Å². The van der Waals surface area contributed by atoms with Gasteiger partial charge in [0.15, 0.2) is 5.76 Å². The summed E-state index contributed by atoms with van der Waals surface area (Å²) >= 11 is 6.25. The molecule has 6 rings (SSSR count). The molecule has 0 spiro atoms. The van der Waals surface area contributed by atoms with E-state index in [0.717, 1.165) is 53.3 Å². The summed E-state index contributed by atoms with van der Waals surface area (Å²) in [5.74, 6) is 6.60. The Balaban J connectivity index is 1.26. The van der Waals surface area contributed by atoms with Gasteiger partial charge in [0, 0.05) is 17.4 Å². The maximum Gasteiger partial charge on any atom is 0.158 e. The van der Waals surface area contributed by atoms with Gasteiger partial charge in [-0.1, -0.05) is 11.6 Å². The van der Waals surface area contributed by atoms with Gasteiger partial charge in [-0.05, 0) is 74.3 Å². The van der Waals surface area contributed by atoms with Crippen molar-refractivity contribution < 1.29 is 14.5 Å². The first-order chi connectivity index (χ1) is 12.7. The number of hydrogen-bond acceptors (Lipinski definition) is 2. The summed E-state index contributed by atoms with van der Waals surface area (Å²) in [6, 6.07) is 10.8. The Morgan fingerprint density at radius 2 is 1.77 bits per heavy atom. The third-order valence-electron chi connectivity index (χ3n) is 6.99. The Labute approximate surface area is 160 Å². The molecule has 3 nitrogen and oxygen atoms in total. The topological polar surface area (TPSA) is 39.0 Å². The first-order valence-electron chi connectivity index (χ1n) is 9.95. The second kappa shape index (κ2) is 6.61. The number of ether oxygens (including phenoxy) is 1. The minimum Gasteiger partial charge on any atom is -0.495 e. The number of benzene rings is 1. The zero-order valence-electron chi connectivity index (χ0n) is 15.3. The lowest BCUT2D eigenvalue weighted by Gasteiger charge is -2.52. The molecule has 1 aromatic heterocycles. The van der Waals surface area contributed by atoms with E-state index < -0.39 is 0 Å². The van der Waals surface area contributed by atoms with Gasteiger partial charge in [0.25, 0.3) is 0 Å². The molecule has 0 saturated heterocycles. The standard InChI is InChI=1S/C22H26ClNO2/c1-25-21-4-2-15(11-19(21)23)20-5-3-18(26-20)12-24-22-16-7-13-6-14(9-16)10-17(22)8-13/h2-5,11,13-14,16-17,22,24H,6-10,12H2,1H3/p+1. The maximum absolute atomic E-state index is 6.25. The Bertz CT molecular complexity index is 771. The molecule has 4 aliphatic rings. The number of rotatable bonds is 5. The Hall–Kier alpha value is -1.45. The largest absolute Gasteiger partial charge is 0.495 e. The van der Waals surface area contributed by atoms with Crippen LogP contribution in [0.25, 0.3) is 11.3 Å². The summed E-state index contributed by atoms with van der Waals surface area (Å²) < 4.78 is 11.3. The third-order valence-corrected chi connectivity index (χ3v) is 7.28. The molecule has 2 aromatic rings. The summed E-state index contributed by atoms with van der Waals surface area (Å²) in [6.07, 6.45) is 7.42. The molecule has 0 radical (unpaired) electrons. The smallest absolute Gasteiger partial charge is 0.158 e. The summed E-state index contributed by atoms with van der Waals surface area (Å²) in [5.41, 5.74) is 0.997. The highest BCUT2D eigenvalue weighted by atomic mass is 35.5. The number of halogens is 1. The fourth-order valence-electron chi connectivity index (χ4n) is 6.07. The molecule has 0 unspecified atom stereocenters. The predicted octanol–water partition coefficient (Wildman–Crippen LogP) is 4.50. The lowest BCUT2D eigenvalue weighted by Crippen LogP contribution is -2.93. The minimum atomic E-state index is 0.614. The molecule has 138 valence electrons. The SMILES string of the molecule is COc1ccc(-c2ccc(C[NH2+]C3C4CC5CC(C4)CC3C5)o2)cc1Cl. The quantitative estimate of drug-likeness (QED) is 0.839.